The van der Waals surface area contributed by atoms with Crippen LogP contribution >= 0.6 is 0 Å². The van der Waals surface area contributed by atoms with Crippen LogP contribution in [0.3, 0.4) is 0 Å². The summed E-state index contributed by atoms with van der Waals surface area (Å²) < 4.78 is 10.3. The fraction of sp³-hybridized carbons (Fsp3) is 0.231. The summed E-state index contributed by atoms with van der Waals surface area (Å²) in [6.07, 6.45) is 2.54. The molecule has 1 aromatic carbocycles. The third kappa shape index (κ3) is 1.89. The topological polar surface area (TPSA) is 63.9 Å². The number of H-pyrrole nitrogens is 1. The van der Waals surface area contributed by atoms with Crippen LogP contribution in [0.4, 0.5) is 0 Å². The Morgan fingerprint density at radius 2 is 2.22 bits per heavy atom. The van der Waals surface area contributed by atoms with Gasteiger partial charge in [0.1, 0.15) is 0 Å². The first-order valence-electron chi connectivity index (χ1n) is 5.76. The smallest absolute Gasteiger partial charge is 0.260 e. The molecule has 0 fully saturated rings. The second-order valence-electron chi connectivity index (χ2n) is 4.01. The van der Waals surface area contributed by atoms with E-state index >= 15 is 0 Å². The van der Waals surface area contributed by atoms with Crippen molar-refractivity contribution in [1.82, 2.24) is 15.1 Å². The zero-order valence-electron chi connectivity index (χ0n) is 10.0. The van der Waals surface area contributed by atoms with E-state index in [1.807, 2.05) is 30.5 Å². The van der Waals surface area contributed by atoms with Crippen LogP contribution in [0.5, 0.6) is 0 Å². The molecule has 0 radical (unpaired) electrons. The molecule has 0 saturated heterocycles. The van der Waals surface area contributed by atoms with Gasteiger partial charge in [-0.1, -0.05) is 23.4 Å². The van der Waals surface area contributed by atoms with E-state index in [1.54, 1.807) is 7.11 Å². The van der Waals surface area contributed by atoms with Crippen molar-refractivity contribution < 1.29 is 9.26 Å². The summed E-state index contributed by atoms with van der Waals surface area (Å²) >= 11 is 0. The largest absolute Gasteiger partial charge is 0.384 e. The minimum Gasteiger partial charge on any atom is -0.384 e. The molecule has 92 valence electrons. The highest BCUT2D eigenvalue weighted by atomic mass is 16.5. The third-order valence-corrected chi connectivity index (χ3v) is 2.82. The number of hydrogen-bond donors (Lipinski definition) is 1. The van der Waals surface area contributed by atoms with Gasteiger partial charge in [0.05, 0.1) is 12.2 Å². The molecule has 0 aliphatic heterocycles. The number of ether oxygens (including phenoxy) is 1. The molecule has 5 heteroatoms. The molecule has 18 heavy (non-hydrogen) atoms. The van der Waals surface area contributed by atoms with Gasteiger partial charge in [-0.2, -0.15) is 4.98 Å². The normalized spacial score (nSPS) is 11.2. The van der Waals surface area contributed by atoms with Crippen LogP contribution in [0.15, 0.2) is 35.0 Å². The standard InChI is InChI=1S/C13H13N3O2/c1-17-7-6-12-15-13(18-16-12)10-8-14-11-5-3-2-4-9(10)11/h2-5,8,14H,6-7H2,1H3. The van der Waals surface area contributed by atoms with E-state index in [2.05, 4.69) is 15.1 Å². The quantitative estimate of drug-likeness (QED) is 0.764. The van der Waals surface area contributed by atoms with Gasteiger partial charge in [-0.05, 0) is 6.07 Å². The number of hydrogen-bond acceptors (Lipinski definition) is 4. The Morgan fingerprint density at radius 1 is 1.33 bits per heavy atom. The first kappa shape index (κ1) is 11.0. The van der Waals surface area contributed by atoms with Gasteiger partial charge < -0.3 is 14.2 Å². The van der Waals surface area contributed by atoms with E-state index in [0.717, 1.165) is 16.5 Å². The molecule has 3 rings (SSSR count). The van der Waals surface area contributed by atoms with Gasteiger partial charge in [0, 0.05) is 30.6 Å². The number of benzene rings is 1. The number of methoxy groups -OCH3 is 1. The molecule has 0 amide bonds. The Morgan fingerprint density at radius 3 is 3.11 bits per heavy atom. The van der Waals surface area contributed by atoms with Crippen LogP contribution in [0.2, 0.25) is 0 Å². The van der Waals surface area contributed by atoms with E-state index in [-0.39, 0.29) is 0 Å². The third-order valence-electron chi connectivity index (χ3n) is 2.82. The highest BCUT2D eigenvalue weighted by Gasteiger charge is 2.12. The molecular weight excluding hydrogens is 230 g/mol. The van der Waals surface area contributed by atoms with E-state index < -0.39 is 0 Å². The van der Waals surface area contributed by atoms with E-state index in [9.17, 15) is 0 Å². The lowest BCUT2D eigenvalue weighted by atomic mass is 10.2. The number of para-hydroxylation sites is 1. The van der Waals surface area contributed by atoms with Gasteiger partial charge >= 0.3 is 0 Å². The average Bonchev–Trinajstić information content (AvgIpc) is 3.02. The first-order chi connectivity index (χ1) is 8.88. The van der Waals surface area contributed by atoms with Crippen molar-refractivity contribution in [3.63, 3.8) is 0 Å². The molecule has 3 aromatic rings. The van der Waals surface area contributed by atoms with Gasteiger partial charge in [-0.25, -0.2) is 0 Å². The van der Waals surface area contributed by atoms with E-state index in [0.29, 0.717) is 24.7 Å². The van der Waals surface area contributed by atoms with Crippen LogP contribution < -0.4 is 0 Å². The van der Waals surface area contributed by atoms with Crippen LogP contribution in [-0.2, 0) is 11.2 Å². The van der Waals surface area contributed by atoms with Gasteiger partial charge in [-0.15, -0.1) is 0 Å². The van der Waals surface area contributed by atoms with E-state index in [1.165, 1.54) is 0 Å². The lowest BCUT2D eigenvalue weighted by Gasteiger charge is -1.91. The maximum absolute atomic E-state index is 5.28. The molecular formula is C13H13N3O2. The predicted molar refractivity (Wildman–Crippen MR) is 67.2 cm³/mol. The first-order valence-corrected chi connectivity index (χ1v) is 5.76. The maximum Gasteiger partial charge on any atom is 0.260 e. The molecule has 0 aliphatic carbocycles. The monoisotopic (exact) mass is 243 g/mol. The Bertz CT molecular complexity index is 657. The predicted octanol–water partition coefficient (Wildman–Crippen LogP) is 2.41. The fourth-order valence-electron chi connectivity index (χ4n) is 1.91. The molecule has 5 nitrogen and oxygen atoms in total. The zero-order chi connectivity index (χ0) is 12.4. The number of nitrogens with one attached hydrogen (secondary N) is 1. The zero-order valence-corrected chi connectivity index (χ0v) is 10.0. The lowest BCUT2D eigenvalue weighted by molar-refractivity contribution is 0.199. The summed E-state index contributed by atoms with van der Waals surface area (Å²) in [5.74, 6) is 1.20. The summed E-state index contributed by atoms with van der Waals surface area (Å²) in [7, 11) is 1.65. The van der Waals surface area contributed by atoms with Crippen molar-refractivity contribution in [2.45, 2.75) is 6.42 Å². The van der Waals surface area contributed by atoms with Gasteiger partial charge in [0.25, 0.3) is 5.89 Å². The summed E-state index contributed by atoms with van der Waals surface area (Å²) in [5.41, 5.74) is 1.99. The molecule has 0 aliphatic rings. The van der Waals surface area contributed by atoms with Crippen LogP contribution in [0, 0.1) is 0 Å². The van der Waals surface area contributed by atoms with Gasteiger partial charge in [0.15, 0.2) is 5.82 Å². The van der Waals surface area contributed by atoms with Crippen molar-refractivity contribution >= 4 is 10.9 Å². The Hall–Kier alpha value is -2.14. The highest BCUT2D eigenvalue weighted by molar-refractivity contribution is 5.93. The van der Waals surface area contributed by atoms with Gasteiger partial charge in [-0.3, -0.25) is 0 Å². The van der Waals surface area contributed by atoms with Crippen molar-refractivity contribution in [2.24, 2.45) is 0 Å². The number of nitrogens with zero attached hydrogens (tertiary/aromatic N) is 2. The SMILES string of the molecule is COCCc1noc(-c2c[nH]c3ccccc23)n1. The molecule has 0 unspecified atom stereocenters. The summed E-state index contributed by atoms with van der Waals surface area (Å²) in [5, 5.41) is 5.02. The van der Waals surface area contributed by atoms with Crippen molar-refractivity contribution in [1.29, 1.82) is 0 Å². The molecule has 0 bridgehead atoms. The van der Waals surface area contributed by atoms with Crippen molar-refractivity contribution in [2.75, 3.05) is 13.7 Å². The minimum atomic E-state index is 0.540. The Labute approximate surface area is 104 Å². The molecule has 0 saturated carbocycles. The molecule has 0 atom stereocenters. The summed E-state index contributed by atoms with van der Waals surface area (Å²) in [4.78, 5) is 7.55. The van der Waals surface area contributed by atoms with Crippen molar-refractivity contribution in [3.8, 4) is 11.5 Å². The number of aromatic amines is 1. The van der Waals surface area contributed by atoms with Crippen LogP contribution in [-0.4, -0.2) is 28.8 Å². The van der Waals surface area contributed by atoms with E-state index in [4.69, 9.17) is 9.26 Å². The molecule has 2 heterocycles. The number of rotatable bonds is 4. The second kappa shape index (κ2) is 4.62. The molecule has 0 spiro atoms. The Kier molecular flexibility index (Phi) is 2.82. The maximum atomic E-state index is 5.28. The minimum absolute atomic E-state index is 0.540. The molecule has 1 N–H and O–H groups in total. The molecule has 2 aromatic heterocycles. The highest BCUT2D eigenvalue weighted by Crippen LogP contribution is 2.26. The second-order valence-corrected chi connectivity index (χ2v) is 4.01. The Balaban J connectivity index is 1.96. The number of aromatic nitrogens is 3. The van der Waals surface area contributed by atoms with Crippen molar-refractivity contribution in [3.05, 3.63) is 36.3 Å². The summed E-state index contributed by atoms with van der Waals surface area (Å²) in [6, 6.07) is 8.02. The van der Waals surface area contributed by atoms with Crippen LogP contribution in [0.25, 0.3) is 22.4 Å². The fourth-order valence-corrected chi connectivity index (χ4v) is 1.91. The van der Waals surface area contributed by atoms with Crippen LogP contribution in [0.1, 0.15) is 5.82 Å². The number of fused-ring (bicyclic) bond motifs is 1. The lowest BCUT2D eigenvalue weighted by Crippen LogP contribution is -1.95. The summed E-state index contributed by atoms with van der Waals surface area (Å²) in [6.45, 7) is 0.590. The van der Waals surface area contributed by atoms with Gasteiger partial charge in [0.2, 0.25) is 0 Å². The average molecular weight is 243 g/mol.